The van der Waals surface area contributed by atoms with Gasteiger partial charge in [-0.05, 0) is 12.8 Å². The highest BCUT2D eigenvalue weighted by Crippen LogP contribution is 2.23. The molecule has 1 saturated carbocycles. The van der Waals surface area contributed by atoms with Crippen LogP contribution in [0.15, 0.2) is 17.4 Å². The summed E-state index contributed by atoms with van der Waals surface area (Å²) < 4.78 is 1.73. The molecule has 0 bridgehead atoms. The number of nitrogens with one attached hydrogen (secondary N) is 1. The molecule has 0 aliphatic heterocycles. The summed E-state index contributed by atoms with van der Waals surface area (Å²) in [7, 11) is 1.87. The van der Waals surface area contributed by atoms with Gasteiger partial charge in [-0.1, -0.05) is 0 Å². The maximum absolute atomic E-state index is 5.37. The van der Waals surface area contributed by atoms with Crippen LogP contribution in [-0.2, 0) is 7.05 Å². The summed E-state index contributed by atoms with van der Waals surface area (Å²) in [4.78, 5) is 4.42. The topological polar surface area (TPSA) is 68.2 Å². The van der Waals surface area contributed by atoms with E-state index in [9.17, 15) is 0 Å². The van der Waals surface area contributed by atoms with Gasteiger partial charge in [-0.3, -0.25) is 9.67 Å². The zero-order valence-corrected chi connectivity index (χ0v) is 7.57. The number of aromatic nitrogens is 2. The number of hydrogen-bond donors (Lipinski definition) is 2. The first kappa shape index (κ1) is 8.25. The number of aryl methyl sites for hydroxylation is 1. The van der Waals surface area contributed by atoms with E-state index in [0.29, 0.717) is 6.04 Å². The van der Waals surface area contributed by atoms with Crippen LogP contribution in [0.5, 0.6) is 0 Å². The number of aliphatic imine (C=N–C) groups is 1. The van der Waals surface area contributed by atoms with Gasteiger partial charge in [0.1, 0.15) is 5.84 Å². The predicted octanol–water partition coefficient (Wildman–Crippen LogP) is -0.208. The zero-order chi connectivity index (χ0) is 9.26. The molecule has 13 heavy (non-hydrogen) atoms. The van der Waals surface area contributed by atoms with E-state index >= 15 is 0 Å². The lowest BCUT2D eigenvalue weighted by molar-refractivity contribution is 0.767. The average Bonchev–Trinajstić information content (AvgIpc) is 2.84. The van der Waals surface area contributed by atoms with E-state index in [1.165, 1.54) is 12.8 Å². The van der Waals surface area contributed by atoms with Crippen LogP contribution in [0.4, 0.5) is 0 Å². The van der Waals surface area contributed by atoms with Crippen LogP contribution in [0.3, 0.4) is 0 Å². The van der Waals surface area contributed by atoms with Crippen LogP contribution in [0.2, 0.25) is 0 Å². The first-order valence-corrected chi connectivity index (χ1v) is 4.33. The Hall–Kier alpha value is -1.36. The van der Waals surface area contributed by atoms with Crippen molar-refractivity contribution in [3.63, 3.8) is 0 Å². The second-order valence-corrected chi connectivity index (χ2v) is 3.26. The number of amidine groups is 1. The summed E-state index contributed by atoms with van der Waals surface area (Å²) in [6.45, 7) is 0. The molecule has 1 aromatic rings. The number of nitrogens with two attached hydrogens (primary N) is 1. The highest BCUT2D eigenvalue weighted by molar-refractivity contribution is 5.98. The van der Waals surface area contributed by atoms with Crippen LogP contribution in [-0.4, -0.2) is 21.7 Å². The minimum absolute atomic E-state index is 0.464. The molecule has 0 unspecified atom stereocenters. The van der Waals surface area contributed by atoms with Gasteiger partial charge in [0.25, 0.3) is 0 Å². The van der Waals surface area contributed by atoms with Crippen molar-refractivity contribution >= 4 is 5.84 Å². The molecular weight excluding hydrogens is 166 g/mol. The molecule has 1 aliphatic carbocycles. The number of hydrazine groups is 1. The third kappa shape index (κ3) is 1.86. The molecule has 2 rings (SSSR count). The van der Waals surface area contributed by atoms with Crippen molar-refractivity contribution in [2.45, 2.75) is 18.9 Å². The Morgan fingerprint density at radius 2 is 2.54 bits per heavy atom. The zero-order valence-electron chi connectivity index (χ0n) is 7.57. The van der Waals surface area contributed by atoms with Crippen LogP contribution < -0.4 is 11.3 Å². The van der Waals surface area contributed by atoms with Gasteiger partial charge in [0.05, 0.1) is 17.8 Å². The van der Waals surface area contributed by atoms with Crippen molar-refractivity contribution in [3.8, 4) is 0 Å². The summed E-state index contributed by atoms with van der Waals surface area (Å²) in [5.41, 5.74) is 3.54. The van der Waals surface area contributed by atoms with Crippen LogP contribution in [0.1, 0.15) is 18.4 Å². The number of rotatable bonds is 2. The summed E-state index contributed by atoms with van der Waals surface area (Å²) in [6.07, 6.45) is 5.99. The first-order valence-electron chi connectivity index (χ1n) is 4.33. The molecule has 0 aromatic carbocycles. The fraction of sp³-hybridized carbons (Fsp3) is 0.500. The first-order chi connectivity index (χ1) is 6.29. The Labute approximate surface area is 76.6 Å². The van der Waals surface area contributed by atoms with Gasteiger partial charge in [-0.25, -0.2) is 5.84 Å². The predicted molar refractivity (Wildman–Crippen MR) is 50.1 cm³/mol. The highest BCUT2D eigenvalue weighted by Gasteiger charge is 2.21. The lowest BCUT2D eigenvalue weighted by Gasteiger charge is -2.00. The lowest BCUT2D eigenvalue weighted by Crippen LogP contribution is -2.31. The van der Waals surface area contributed by atoms with Gasteiger partial charge in [-0.15, -0.1) is 0 Å². The molecule has 1 fully saturated rings. The van der Waals surface area contributed by atoms with Crippen LogP contribution >= 0.6 is 0 Å². The number of nitrogens with zero attached hydrogens (tertiary/aromatic N) is 3. The SMILES string of the molecule is Cn1cc(C(=NC2CC2)NN)cn1. The monoisotopic (exact) mass is 179 g/mol. The van der Waals surface area contributed by atoms with Crippen molar-refractivity contribution in [2.75, 3.05) is 0 Å². The third-order valence-corrected chi connectivity index (χ3v) is 1.97. The van der Waals surface area contributed by atoms with Gasteiger partial charge in [0.15, 0.2) is 0 Å². The minimum Gasteiger partial charge on any atom is -0.308 e. The second-order valence-electron chi connectivity index (χ2n) is 3.26. The van der Waals surface area contributed by atoms with Crippen molar-refractivity contribution in [2.24, 2.45) is 17.9 Å². The van der Waals surface area contributed by atoms with Crippen molar-refractivity contribution in [3.05, 3.63) is 18.0 Å². The van der Waals surface area contributed by atoms with Gasteiger partial charge in [0.2, 0.25) is 0 Å². The molecule has 0 spiro atoms. The van der Waals surface area contributed by atoms with Gasteiger partial charge < -0.3 is 5.43 Å². The Kier molecular flexibility index (Phi) is 2.02. The maximum atomic E-state index is 5.37. The van der Waals surface area contributed by atoms with Gasteiger partial charge in [-0.2, -0.15) is 5.10 Å². The molecule has 1 aromatic heterocycles. The van der Waals surface area contributed by atoms with Crippen LogP contribution in [0.25, 0.3) is 0 Å². The third-order valence-electron chi connectivity index (χ3n) is 1.97. The summed E-state index contributed by atoms with van der Waals surface area (Å²) >= 11 is 0. The van der Waals surface area contributed by atoms with Gasteiger partial charge >= 0.3 is 0 Å². The van der Waals surface area contributed by atoms with Crippen molar-refractivity contribution in [1.82, 2.24) is 15.2 Å². The lowest BCUT2D eigenvalue weighted by atomic mass is 10.3. The summed E-state index contributed by atoms with van der Waals surface area (Å²) in [5, 5.41) is 4.05. The van der Waals surface area contributed by atoms with Crippen LogP contribution in [0, 0.1) is 0 Å². The van der Waals surface area contributed by atoms with Gasteiger partial charge in [0, 0.05) is 13.2 Å². The molecule has 5 nitrogen and oxygen atoms in total. The van der Waals surface area contributed by atoms with E-state index < -0.39 is 0 Å². The smallest absolute Gasteiger partial charge is 0.145 e. The largest absolute Gasteiger partial charge is 0.308 e. The van der Waals surface area contributed by atoms with Crippen molar-refractivity contribution in [1.29, 1.82) is 0 Å². The standard InChI is InChI=1S/C8H13N5/c1-13-5-6(4-10-13)8(12-9)11-7-2-3-7/h4-5,7H,2-3,9H2,1H3,(H,11,12). The maximum Gasteiger partial charge on any atom is 0.145 e. The fourth-order valence-corrected chi connectivity index (χ4v) is 1.12. The van der Waals surface area contributed by atoms with E-state index in [-0.39, 0.29) is 0 Å². The molecule has 5 heteroatoms. The van der Waals surface area contributed by atoms with E-state index in [1.54, 1.807) is 10.9 Å². The Balaban J connectivity index is 2.20. The molecule has 0 amide bonds. The minimum atomic E-state index is 0.464. The molecular formula is C8H13N5. The summed E-state index contributed by atoms with van der Waals surface area (Å²) in [5.74, 6) is 6.10. The quantitative estimate of drug-likeness (QED) is 0.286. The molecule has 1 aliphatic rings. The van der Waals surface area contributed by atoms with E-state index in [0.717, 1.165) is 11.4 Å². The Bertz CT molecular complexity index is 323. The fourth-order valence-electron chi connectivity index (χ4n) is 1.12. The molecule has 0 atom stereocenters. The molecule has 70 valence electrons. The number of hydrogen-bond acceptors (Lipinski definition) is 3. The Morgan fingerprint density at radius 1 is 1.77 bits per heavy atom. The second kappa shape index (κ2) is 3.18. The summed E-state index contributed by atoms with van der Waals surface area (Å²) in [6, 6.07) is 0.464. The molecule has 0 radical (unpaired) electrons. The highest BCUT2D eigenvalue weighted by atomic mass is 15.3. The molecule has 3 N–H and O–H groups in total. The normalized spacial score (nSPS) is 17.5. The molecule has 1 heterocycles. The van der Waals surface area contributed by atoms with Crippen molar-refractivity contribution < 1.29 is 0 Å². The Morgan fingerprint density at radius 3 is 3.00 bits per heavy atom. The van der Waals surface area contributed by atoms with E-state index in [1.807, 2.05) is 13.2 Å². The molecule has 0 saturated heterocycles. The average molecular weight is 179 g/mol. The van der Waals surface area contributed by atoms with E-state index in [4.69, 9.17) is 5.84 Å². The van der Waals surface area contributed by atoms with E-state index in [2.05, 4.69) is 15.5 Å².